The fraction of sp³-hybridized carbons (Fsp3) is 0. The van der Waals surface area contributed by atoms with Crippen LogP contribution < -0.4 is 34.5 Å². The molecule has 0 bridgehead atoms. The van der Waals surface area contributed by atoms with Gasteiger partial charge in [0, 0.05) is 4.57 Å². The summed E-state index contributed by atoms with van der Waals surface area (Å²) in [6.07, 6.45) is 0. The summed E-state index contributed by atoms with van der Waals surface area (Å²) in [5, 5.41) is 0. The fourth-order valence-electron chi connectivity index (χ4n) is 0. The molecule has 0 heterocycles. The zero-order valence-electron chi connectivity index (χ0n) is 4.46. The second-order valence-electron chi connectivity index (χ2n) is 0.491. The molecule has 3 N–H and O–H groups in total. The van der Waals surface area contributed by atoms with Gasteiger partial charge in [-0.15, -0.1) is 9.79 Å². The first-order valence-corrected chi connectivity index (χ1v) is 3.44. The van der Waals surface area contributed by atoms with E-state index in [1.165, 1.54) is 0 Å². The molecule has 0 saturated carbocycles. The van der Waals surface area contributed by atoms with Crippen molar-refractivity contribution in [3.63, 3.8) is 0 Å². The van der Waals surface area contributed by atoms with E-state index < -0.39 is 16.5 Å². The van der Waals surface area contributed by atoms with E-state index in [9.17, 15) is 0 Å². The van der Waals surface area contributed by atoms with Crippen LogP contribution in [0.25, 0.3) is 0 Å². The maximum atomic E-state index is 8.70. The van der Waals surface area contributed by atoms with E-state index in [1.54, 1.807) is 0 Å². The second-order valence-corrected chi connectivity index (χ2v) is 1.47. The Hall–Kier alpha value is 1.04. The van der Waals surface area contributed by atoms with E-state index in [2.05, 4.69) is 0 Å². The smallest absolute Gasteiger partial charge is 0.567 e. The first-order valence-electron chi connectivity index (χ1n) is 1.15. The van der Waals surface area contributed by atoms with Crippen LogP contribution in [0.3, 0.4) is 0 Å². The maximum Gasteiger partial charge on any atom is 1.00 e. The van der Waals surface area contributed by atoms with Crippen molar-refractivity contribution < 1.29 is 58.3 Å². The van der Waals surface area contributed by atoms with Gasteiger partial charge in [-0.2, -0.15) is 4.89 Å². The maximum absolute atomic E-state index is 8.70. The Bertz CT molecular complexity index is 69.1. The van der Waals surface area contributed by atoms with Gasteiger partial charge in [-0.25, -0.2) is 0 Å². The van der Waals surface area contributed by atoms with Gasteiger partial charge in [-0.3, -0.25) is 0 Å². The third-order valence-corrected chi connectivity index (χ3v) is 0. The molecule has 9 heavy (non-hydrogen) atoms. The Morgan fingerprint density at radius 2 is 1.11 bits per heavy atom. The third kappa shape index (κ3) is 414. The van der Waals surface area contributed by atoms with E-state index in [0.29, 0.717) is 0 Å². The summed E-state index contributed by atoms with van der Waals surface area (Å²) in [6.45, 7) is 0. The van der Waals surface area contributed by atoms with Gasteiger partial charge in [0.1, 0.15) is 0 Å². The van der Waals surface area contributed by atoms with Gasteiger partial charge >= 0.3 is 46.1 Å². The minimum atomic E-state index is -3.12. The predicted octanol–water partition coefficient (Wildman–Crippen LogP) is -4.37. The van der Waals surface area contributed by atoms with E-state index in [1.807, 2.05) is 0 Å². The van der Waals surface area contributed by atoms with E-state index in [4.69, 9.17) is 28.7 Å². The van der Waals surface area contributed by atoms with Crippen molar-refractivity contribution in [1.29, 1.82) is 0 Å². The summed E-state index contributed by atoms with van der Waals surface area (Å²) in [6, 6.07) is 0. The van der Waals surface area contributed by atoms with Crippen molar-refractivity contribution >= 4 is 16.5 Å². The molecule has 1 atom stereocenters. The molecular formula is H3NaO6P2+2. The molecule has 0 aliphatic carbocycles. The van der Waals surface area contributed by atoms with Gasteiger partial charge in [-0.1, -0.05) is 0 Å². The average molecular weight is 184 g/mol. The molecule has 0 amide bonds. The summed E-state index contributed by atoms with van der Waals surface area (Å²) in [5.41, 5.74) is 0. The van der Waals surface area contributed by atoms with E-state index in [0.717, 1.165) is 0 Å². The van der Waals surface area contributed by atoms with Crippen molar-refractivity contribution in [3.8, 4) is 0 Å². The second kappa shape index (κ2) is 11.8. The molecule has 0 fully saturated rings. The summed E-state index contributed by atoms with van der Waals surface area (Å²) in [5.74, 6) is 0. The Morgan fingerprint density at radius 3 is 1.11 bits per heavy atom. The van der Waals surface area contributed by atoms with Crippen LogP contribution >= 0.6 is 16.5 Å². The summed E-state index contributed by atoms with van der Waals surface area (Å²) >= 11 is 0. The average Bonchev–Trinajstić information content (AvgIpc) is 1.25. The fourth-order valence-corrected chi connectivity index (χ4v) is 0. The Labute approximate surface area is 74.7 Å². The summed E-state index contributed by atoms with van der Waals surface area (Å²) < 4.78 is 17.3. The molecule has 0 aliphatic rings. The number of hydrogen-bond donors (Lipinski definition) is 3. The standard InChI is InChI=1S/Na.2HO3P/c;2*1-4(2)3/h;(H-,1,2,3);(H,1,2,3)/q+1;;/p+1. The Morgan fingerprint density at radius 1 is 1.11 bits per heavy atom. The Balaban J connectivity index is -0.0000000720. The van der Waals surface area contributed by atoms with Crippen LogP contribution in [0, 0.1) is 0 Å². The van der Waals surface area contributed by atoms with Crippen molar-refractivity contribution in [1.82, 2.24) is 0 Å². The van der Waals surface area contributed by atoms with Gasteiger partial charge in [0.15, 0.2) is 0 Å². The molecule has 0 rings (SSSR count). The van der Waals surface area contributed by atoms with Crippen LogP contribution in [0.1, 0.15) is 0 Å². The van der Waals surface area contributed by atoms with E-state index in [-0.39, 0.29) is 29.6 Å². The van der Waals surface area contributed by atoms with Crippen LogP contribution in [0.4, 0.5) is 0 Å². The molecule has 0 aromatic heterocycles. The topological polar surface area (TPSA) is 118 Å². The van der Waals surface area contributed by atoms with E-state index >= 15 is 0 Å². The molecule has 1 unspecified atom stereocenters. The molecule has 0 aliphatic heterocycles. The largest absolute Gasteiger partial charge is 1.00 e. The minimum Gasteiger partial charge on any atom is -0.567 e. The molecule has 0 aromatic carbocycles. The third-order valence-electron chi connectivity index (χ3n) is 0. The number of rotatable bonds is 0. The molecule has 0 radical (unpaired) electrons. The van der Waals surface area contributed by atoms with Gasteiger partial charge < -0.3 is 4.89 Å². The SMILES string of the molecule is O=[P+](O)O.O=[P+]([O-])O.[Na+]. The summed E-state index contributed by atoms with van der Waals surface area (Å²) in [4.78, 5) is 29.8. The van der Waals surface area contributed by atoms with Crippen LogP contribution in [0.15, 0.2) is 0 Å². The van der Waals surface area contributed by atoms with Crippen molar-refractivity contribution in [2.24, 2.45) is 0 Å². The van der Waals surface area contributed by atoms with Crippen molar-refractivity contribution in [3.05, 3.63) is 0 Å². The molecule has 9 heteroatoms. The molecule has 0 aromatic rings. The van der Waals surface area contributed by atoms with Gasteiger partial charge in [0.05, 0.1) is 0 Å². The minimum absolute atomic E-state index is 0. The van der Waals surface area contributed by atoms with Gasteiger partial charge in [0.2, 0.25) is 0 Å². The van der Waals surface area contributed by atoms with Crippen molar-refractivity contribution in [2.75, 3.05) is 0 Å². The zero-order chi connectivity index (χ0) is 7.15. The monoisotopic (exact) mass is 184 g/mol. The molecular weight excluding hydrogens is 181 g/mol. The molecule has 0 spiro atoms. The molecule has 6 nitrogen and oxygen atoms in total. The first kappa shape index (κ1) is 16.6. The quantitative estimate of drug-likeness (QED) is 0.258. The van der Waals surface area contributed by atoms with Crippen LogP contribution in [-0.2, 0) is 9.13 Å². The van der Waals surface area contributed by atoms with Gasteiger partial charge in [-0.05, 0) is 4.57 Å². The van der Waals surface area contributed by atoms with Crippen LogP contribution in [0.5, 0.6) is 0 Å². The first-order chi connectivity index (χ1) is 3.46. The summed E-state index contributed by atoms with van der Waals surface area (Å²) in [7, 11) is -5.99. The molecule has 48 valence electrons. The van der Waals surface area contributed by atoms with Gasteiger partial charge in [0.25, 0.3) is 0 Å². The van der Waals surface area contributed by atoms with Crippen LogP contribution in [0.2, 0.25) is 0 Å². The molecule has 0 saturated heterocycles. The zero-order valence-corrected chi connectivity index (χ0v) is 8.25. The van der Waals surface area contributed by atoms with Crippen LogP contribution in [-0.4, -0.2) is 14.7 Å². The van der Waals surface area contributed by atoms with Crippen molar-refractivity contribution in [2.45, 2.75) is 0 Å². The predicted molar refractivity (Wildman–Crippen MR) is 21.9 cm³/mol. The Kier molecular flexibility index (Phi) is 21.7. The normalized spacial score (nSPS) is 7.78. The number of hydrogen-bond acceptors (Lipinski definition) is 3.